The van der Waals surface area contributed by atoms with Gasteiger partial charge in [0.05, 0.1) is 8.07 Å². The van der Waals surface area contributed by atoms with Crippen LogP contribution in [0.3, 0.4) is 0 Å². The Bertz CT molecular complexity index is 950. The van der Waals surface area contributed by atoms with Gasteiger partial charge in [-0.05, 0) is 56.7 Å². The molecule has 0 bridgehead atoms. The van der Waals surface area contributed by atoms with Gasteiger partial charge in [0, 0.05) is 32.0 Å². The van der Waals surface area contributed by atoms with Crippen LogP contribution in [0.25, 0.3) is 0 Å². The van der Waals surface area contributed by atoms with E-state index < -0.39 is 8.07 Å². The molecule has 0 saturated carbocycles. The van der Waals surface area contributed by atoms with E-state index in [9.17, 15) is 10.2 Å². The summed E-state index contributed by atoms with van der Waals surface area (Å²) in [6.07, 6.45) is 0. The lowest BCUT2D eigenvalue weighted by Gasteiger charge is -2.29. The summed E-state index contributed by atoms with van der Waals surface area (Å²) in [5, 5.41) is 24.4. The van der Waals surface area contributed by atoms with Gasteiger partial charge in [-0.1, -0.05) is 96.2 Å². The van der Waals surface area contributed by atoms with Gasteiger partial charge in [-0.25, -0.2) is 0 Å². The summed E-state index contributed by atoms with van der Waals surface area (Å²) < 4.78 is 0. The van der Waals surface area contributed by atoms with Gasteiger partial charge in [0.2, 0.25) is 0 Å². The van der Waals surface area contributed by atoms with E-state index in [0.29, 0.717) is 11.5 Å². The van der Waals surface area contributed by atoms with Crippen molar-refractivity contribution in [1.29, 1.82) is 0 Å². The van der Waals surface area contributed by atoms with Gasteiger partial charge in [0.1, 0.15) is 11.5 Å². The van der Waals surface area contributed by atoms with Gasteiger partial charge in [-0.2, -0.15) is 0 Å². The average Bonchev–Trinajstić information content (AvgIpc) is 2.68. The Balaban J connectivity index is 2.30. The van der Waals surface area contributed by atoms with E-state index in [1.54, 1.807) is 0 Å². The molecule has 0 aliphatic rings. The Kier molecular flexibility index (Phi) is 9.43. The van der Waals surface area contributed by atoms with Crippen molar-refractivity contribution in [3.05, 3.63) is 46.5 Å². The minimum atomic E-state index is -1.55. The van der Waals surface area contributed by atoms with Gasteiger partial charge in [0.15, 0.2) is 0 Å². The third-order valence-corrected chi connectivity index (χ3v) is 15.2. The summed E-state index contributed by atoms with van der Waals surface area (Å²) in [6, 6.07) is 8.83. The lowest BCUT2D eigenvalue weighted by molar-refractivity contribution is 0.421. The predicted octanol–water partition coefficient (Wildman–Crippen LogP) is 9.96. The molecule has 0 aromatic heterocycles. The number of thioether (sulfide) groups is 2. The van der Waals surface area contributed by atoms with Crippen LogP contribution in [0, 0.1) is 0 Å². The van der Waals surface area contributed by atoms with Crippen LogP contribution in [0.15, 0.2) is 34.1 Å². The van der Waals surface area contributed by atoms with E-state index in [1.807, 2.05) is 23.5 Å². The standard InChI is InChI=1S/C32H52O2S2Si/c1-29(2,3)23-15-21(16-24(27(23)33)30(4,5)6)35-19-37(13,14)20-36-22-17-25(31(7,8)9)28(34)26(18-22)32(10,11)12/h15-18,33-34H,19-20H2,1-14H3. The molecule has 2 nitrogen and oxygen atoms in total. The van der Waals surface area contributed by atoms with Crippen LogP contribution in [0.5, 0.6) is 11.5 Å². The van der Waals surface area contributed by atoms with Crippen LogP contribution in [0.2, 0.25) is 13.1 Å². The van der Waals surface area contributed by atoms with Gasteiger partial charge in [-0.15, -0.1) is 23.5 Å². The maximum Gasteiger partial charge on any atom is 0.123 e. The van der Waals surface area contributed by atoms with Gasteiger partial charge >= 0.3 is 0 Å². The molecule has 0 atom stereocenters. The zero-order valence-electron chi connectivity index (χ0n) is 25.9. The summed E-state index contributed by atoms with van der Waals surface area (Å²) in [5.74, 6) is 0.904. The van der Waals surface area contributed by atoms with E-state index in [1.165, 1.54) is 9.79 Å². The lowest BCUT2D eigenvalue weighted by Crippen LogP contribution is -2.33. The third kappa shape index (κ3) is 8.47. The molecule has 0 fully saturated rings. The van der Waals surface area contributed by atoms with Crippen molar-refractivity contribution in [3.63, 3.8) is 0 Å². The fraction of sp³-hybridized carbons (Fsp3) is 0.625. The minimum absolute atomic E-state index is 0.113. The Labute approximate surface area is 237 Å². The van der Waals surface area contributed by atoms with E-state index in [0.717, 1.165) is 33.0 Å². The number of rotatable bonds is 6. The molecule has 5 heteroatoms. The molecule has 2 aromatic carbocycles. The normalized spacial score (nSPS) is 13.8. The van der Waals surface area contributed by atoms with Crippen molar-refractivity contribution in [2.45, 2.75) is 128 Å². The summed E-state index contributed by atoms with van der Waals surface area (Å²) in [5.41, 5.74) is 3.68. The van der Waals surface area contributed by atoms with Crippen molar-refractivity contribution < 1.29 is 10.2 Å². The number of aromatic hydroxyl groups is 2. The van der Waals surface area contributed by atoms with E-state index in [2.05, 4.69) is 120 Å². The van der Waals surface area contributed by atoms with E-state index in [4.69, 9.17) is 0 Å². The molecule has 0 aliphatic carbocycles. The first-order chi connectivity index (χ1) is 16.4. The lowest BCUT2D eigenvalue weighted by atomic mass is 9.79. The minimum Gasteiger partial charge on any atom is -0.507 e. The third-order valence-electron chi connectivity index (χ3n) is 6.66. The summed E-state index contributed by atoms with van der Waals surface area (Å²) in [7, 11) is -1.55. The maximum absolute atomic E-state index is 11.1. The molecule has 0 radical (unpaired) electrons. The first kappa shape index (κ1) is 32.2. The Morgan fingerprint density at radius 1 is 0.514 bits per heavy atom. The predicted molar refractivity (Wildman–Crippen MR) is 170 cm³/mol. The topological polar surface area (TPSA) is 40.5 Å². The van der Waals surface area contributed by atoms with Gasteiger partial charge < -0.3 is 10.2 Å². The summed E-state index contributed by atoms with van der Waals surface area (Å²) in [4.78, 5) is 2.51. The van der Waals surface area contributed by atoms with Crippen molar-refractivity contribution in [3.8, 4) is 11.5 Å². The summed E-state index contributed by atoms with van der Waals surface area (Å²) >= 11 is 3.89. The Morgan fingerprint density at radius 3 is 0.919 bits per heavy atom. The van der Waals surface area contributed by atoms with Gasteiger partial charge in [0.25, 0.3) is 0 Å². The number of hydrogen-bond donors (Lipinski definition) is 2. The van der Waals surface area contributed by atoms with Crippen molar-refractivity contribution in [2.75, 3.05) is 10.8 Å². The molecule has 2 rings (SSSR count). The first-order valence-electron chi connectivity index (χ1n) is 13.4. The zero-order chi connectivity index (χ0) is 28.8. The molecule has 0 spiro atoms. The number of hydrogen-bond acceptors (Lipinski definition) is 4. The van der Waals surface area contributed by atoms with Crippen LogP contribution >= 0.6 is 23.5 Å². The van der Waals surface area contributed by atoms with E-state index >= 15 is 0 Å². The second-order valence-electron chi connectivity index (χ2n) is 15.5. The molecular weight excluding hydrogens is 509 g/mol. The molecule has 0 saturated heterocycles. The SMILES string of the molecule is CC(C)(C)c1cc(SC[Si](C)(C)CSc2cc(C(C)(C)C)c(O)c(C(C)(C)C)c2)cc(C(C)(C)C)c1O. The van der Waals surface area contributed by atoms with Crippen molar-refractivity contribution in [1.82, 2.24) is 0 Å². The van der Waals surface area contributed by atoms with E-state index in [-0.39, 0.29) is 21.7 Å². The molecule has 0 aliphatic heterocycles. The number of phenols is 2. The largest absolute Gasteiger partial charge is 0.507 e. The molecule has 2 aromatic rings. The van der Waals surface area contributed by atoms with Crippen LogP contribution in [0.1, 0.15) is 105 Å². The second-order valence-corrected chi connectivity index (χ2v) is 23.6. The van der Waals surface area contributed by atoms with Crippen LogP contribution in [-0.2, 0) is 21.7 Å². The van der Waals surface area contributed by atoms with Crippen LogP contribution < -0.4 is 0 Å². The average molecular weight is 561 g/mol. The highest BCUT2D eigenvalue weighted by Gasteiger charge is 2.30. The highest BCUT2D eigenvalue weighted by Crippen LogP contribution is 2.44. The molecule has 37 heavy (non-hydrogen) atoms. The van der Waals surface area contributed by atoms with Crippen molar-refractivity contribution in [2.24, 2.45) is 0 Å². The fourth-order valence-corrected chi connectivity index (χ4v) is 10.6. The fourth-order valence-electron chi connectivity index (χ4n) is 4.27. The smallest absolute Gasteiger partial charge is 0.123 e. The molecule has 2 N–H and O–H groups in total. The quantitative estimate of drug-likeness (QED) is 0.272. The Morgan fingerprint density at radius 2 is 0.730 bits per heavy atom. The molecule has 208 valence electrons. The van der Waals surface area contributed by atoms with Gasteiger partial charge in [-0.3, -0.25) is 0 Å². The first-order valence-corrected chi connectivity index (χ1v) is 18.8. The zero-order valence-corrected chi connectivity index (χ0v) is 28.6. The van der Waals surface area contributed by atoms with Crippen molar-refractivity contribution >= 4 is 31.6 Å². The Hall–Kier alpha value is -1.04. The second kappa shape index (κ2) is 10.8. The maximum atomic E-state index is 11.1. The van der Waals surface area contributed by atoms with Crippen LogP contribution in [0.4, 0.5) is 0 Å². The molecule has 0 unspecified atom stereocenters. The number of phenolic OH excluding ortho intramolecular Hbond substituents is 2. The summed E-state index contributed by atoms with van der Waals surface area (Å²) in [6.45, 7) is 31.0. The molecular formula is C32H52O2S2Si. The molecule has 0 amide bonds. The highest BCUT2D eigenvalue weighted by molar-refractivity contribution is 8.03. The molecule has 0 heterocycles. The number of benzene rings is 2. The monoisotopic (exact) mass is 560 g/mol. The highest BCUT2D eigenvalue weighted by atomic mass is 32.2. The van der Waals surface area contributed by atoms with Crippen LogP contribution in [-0.4, -0.2) is 29.0 Å².